The molecular weight excluding hydrogens is 406 g/mol. The van der Waals surface area contributed by atoms with Crippen LogP contribution < -0.4 is 10.9 Å². The van der Waals surface area contributed by atoms with Crippen LogP contribution in [0.2, 0.25) is 5.02 Å². The van der Waals surface area contributed by atoms with Gasteiger partial charge in [-0.25, -0.2) is 9.48 Å². The molecule has 1 amide bonds. The second kappa shape index (κ2) is 9.28. The van der Waals surface area contributed by atoms with Gasteiger partial charge in [-0.2, -0.15) is 0 Å². The lowest BCUT2D eigenvalue weighted by Gasteiger charge is -2.07. The third kappa shape index (κ3) is 4.69. The lowest BCUT2D eigenvalue weighted by molar-refractivity contribution is -0.142. The summed E-state index contributed by atoms with van der Waals surface area (Å²) in [6.07, 6.45) is 2.69. The Bertz CT molecular complexity index is 1160. The summed E-state index contributed by atoms with van der Waals surface area (Å²) in [7, 11) is 1.72. The number of hydrogen-bond acceptors (Lipinski definition) is 4. The van der Waals surface area contributed by atoms with Crippen molar-refractivity contribution in [3.8, 4) is 5.69 Å². The number of carbonyl (C=O) groups excluding carboxylic acids is 2. The maximum Gasteiger partial charge on any atom is 0.331 e. The van der Waals surface area contributed by atoms with Gasteiger partial charge in [0.15, 0.2) is 6.61 Å². The average molecular weight is 426 g/mol. The number of esters is 1. The largest absolute Gasteiger partial charge is 0.452 e. The molecule has 0 unspecified atom stereocenters. The molecule has 0 aliphatic heterocycles. The number of nitrogens with one attached hydrogen (secondary N) is 1. The quantitative estimate of drug-likeness (QED) is 0.485. The van der Waals surface area contributed by atoms with Gasteiger partial charge in [-0.15, -0.1) is 0 Å². The Morgan fingerprint density at radius 2 is 1.77 bits per heavy atom. The van der Waals surface area contributed by atoms with Crippen LogP contribution in [0.4, 0.5) is 5.69 Å². The molecule has 0 aliphatic rings. The first-order chi connectivity index (χ1) is 14.4. The zero-order valence-electron chi connectivity index (χ0n) is 16.5. The summed E-state index contributed by atoms with van der Waals surface area (Å²) >= 11 is 6.01. The molecule has 154 valence electrons. The molecule has 30 heavy (non-hydrogen) atoms. The van der Waals surface area contributed by atoms with E-state index in [2.05, 4.69) is 5.32 Å². The predicted octanol–water partition coefficient (Wildman–Crippen LogP) is 3.33. The Kier molecular flexibility index (Phi) is 6.54. The summed E-state index contributed by atoms with van der Waals surface area (Å²) < 4.78 is 8.03. The molecule has 0 fully saturated rings. The number of carbonyl (C=O) groups is 2. The molecule has 1 heterocycles. The van der Waals surface area contributed by atoms with Crippen molar-refractivity contribution in [1.82, 2.24) is 9.36 Å². The minimum atomic E-state index is -0.698. The molecule has 0 spiro atoms. The first-order valence-electron chi connectivity index (χ1n) is 9.11. The number of ether oxygens (including phenoxy) is 1. The highest BCUT2D eigenvalue weighted by Gasteiger charge is 2.18. The SMILES string of the molecule is Cc1c(NC(=O)COC(=O)C=Cc2ccccc2Cl)c(=O)n(-c2ccccc2)n1C. The molecular formula is C22H20ClN3O4. The maximum absolute atomic E-state index is 12.8. The number of para-hydroxylation sites is 1. The summed E-state index contributed by atoms with van der Waals surface area (Å²) in [6, 6.07) is 16.1. The number of aromatic nitrogens is 2. The number of benzene rings is 2. The van der Waals surface area contributed by atoms with Gasteiger partial charge >= 0.3 is 5.97 Å². The van der Waals surface area contributed by atoms with E-state index in [-0.39, 0.29) is 11.2 Å². The fourth-order valence-corrected chi connectivity index (χ4v) is 3.04. The molecule has 0 saturated carbocycles. The van der Waals surface area contributed by atoms with Crippen LogP contribution in [0.25, 0.3) is 11.8 Å². The van der Waals surface area contributed by atoms with Crippen molar-refractivity contribution in [3.63, 3.8) is 0 Å². The maximum atomic E-state index is 12.8. The molecule has 0 aliphatic carbocycles. The number of halogens is 1. The highest BCUT2D eigenvalue weighted by atomic mass is 35.5. The monoisotopic (exact) mass is 425 g/mol. The van der Waals surface area contributed by atoms with E-state index in [9.17, 15) is 14.4 Å². The summed E-state index contributed by atoms with van der Waals surface area (Å²) in [5.74, 6) is -1.31. The lowest BCUT2D eigenvalue weighted by atomic mass is 10.2. The molecule has 0 atom stereocenters. The first-order valence-corrected chi connectivity index (χ1v) is 9.49. The van der Waals surface area contributed by atoms with Gasteiger partial charge in [0, 0.05) is 18.1 Å². The second-order valence-electron chi connectivity index (χ2n) is 6.45. The predicted molar refractivity (Wildman–Crippen MR) is 116 cm³/mol. The van der Waals surface area contributed by atoms with Crippen LogP contribution in [0.5, 0.6) is 0 Å². The number of nitrogens with zero attached hydrogens (tertiary/aromatic N) is 2. The molecule has 0 bridgehead atoms. The second-order valence-corrected chi connectivity index (χ2v) is 6.85. The number of amides is 1. The molecule has 0 radical (unpaired) electrons. The van der Waals surface area contributed by atoms with Crippen LogP contribution in [0.3, 0.4) is 0 Å². The minimum absolute atomic E-state index is 0.133. The lowest BCUT2D eigenvalue weighted by Crippen LogP contribution is -2.25. The number of anilines is 1. The summed E-state index contributed by atoms with van der Waals surface area (Å²) in [6.45, 7) is 1.19. The summed E-state index contributed by atoms with van der Waals surface area (Å²) in [5, 5.41) is 3.03. The fourth-order valence-electron chi connectivity index (χ4n) is 2.84. The van der Waals surface area contributed by atoms with Crippen molar-refractivity contribution in [1.29, 1.82) is 0 Å². The molecule has 3 rings (SSSR count). The van der Waals surface area contributed by atoms with Gasteiger partial charge < -0.3 is 10.1 Å². The van der Waals surface area contributed by atoms with Crippen LogP contribution in [0.15, 0.2) is 65.5 Å². The molecule has 1 aromatic heterocycles. The Morgan fingerprint density at radius 1 is 1.10 bits per heavy atom. The van der Waals surface area contributed by atoms with E-state index in [0.29, 0.717) is 22.0 Å². The van der Waals surface area contributed by atoms with Crippen LogP contribution in [0, 0.1) is 6.92 Å². The van der Waals surface area contributed by atoms with E-state index in [4.69, 9.17) is 16.3 Å². The smallest absolute Gasteiger partial charge is 0.331 e. The van der Waals surface area contributed by atoms with Gasteiger partial charge in [-0.3, -0.25) is 14.3 Å². The molecule has 3 aromatic rings. The topological polar surface area (TPSA) is 82.3 Å². The van der Waals surface area contributed by atoms with Gasteiger partial charge in [0.2, 0.25) is 0 Å². The third-order valence-electron chi connectivity index (χ3n) is 4.47. The van der Waals surface area contributed by atoms with Crippen molar-refractivity contribution >= 4 is 35.2 Å². The molecule has 1 N–H and O–H groups in total. The van der Waals surface area contributed by atoms with Crippen LogP contribution >= 0.6 is 11.6 Å². The van der Waals surface area contributed by atoms with E-state index in [1.807, 2.05) is 18.2 Å². The van der Waals surface area contributed by atoms with Crippen LogP contribution in [-0.4, -0.2) is 27.8 Å². The molecule has 8 heteroatoms. The minimum Gasteiger partial charge on any atom is -0.452 e. The first kappa shape index (κ1) is 21.1. The number of rotatable bonds is 6. The molecule has 7 nitrogen and oxygen atoms in total. The highest BCUT2D eigenvalue weighted by Crippen LogP contribution is 2.16. The highest BCUT2D eigenvalue weighted by molar-refractivity contribution is 6.32. The van der Waals surface area contributed by atoms with E-state index >= 15 is 0 Å². The zero-order valence-corrected chi connectivity index (χ0v) is 17.2. The Morgan fingerprint density at radius 3 is 2.47 bits per heavy atom. The van der Waals surface area contributed by atoms with E-state index in [1.165, 1.54) is 16.8 Å². The van der Waals surface area contributed by atoms with Gasteiger partial charge in [0.25, 0.3) is 11.5 Å². The Balaban J connectivity index is 1.65. The third-order valence-corrected chi connectivity index (χ3v) is 4.81. The molecule has 2 aromatic carbocycles. The summed E-state index contributed by atoms with van der Waals surface area (Å²) in [5.41, 5.74) is 1.65. The Labute approximate surface area is 178 Å². The zero-order chi connectivity index (χ0) is 21.7. The van der Waals surface area contributed by atoms with Crippen molar-refractivity contribution < 1.29 is 14.3 Å². The van der Waals surface area contributed by atoms with E-state index in [0.717, 1.165) is 0 Å². The standard InChI is InChI=1S/C22H20ClN3O4/c1-15-21(22(29)26(25(15)2)17-9-4-3-5-10-17)24-19(27)14-30-20(28)13-12-16-8-6-7-11-18(16)23/h3-13H,14H2,1-2H3,(H,24,27). The van der Waals surface area contributed by atoms with Crippen molar-refractivity contribution in [2.75, 3.05) is 11.9 Å². The van der Waals surface area contributed by atoms with Crippen molar-refractivity contribution in [3.05, 3.63) is 87.3 Å². The van der Waals surface area contributed by atoms with E-state index in [1.54, 1.807) is 55.1 Å². The van der Waals surface area contributed by atoms with Gasteiger partial charge in [-0.05, 0) is 36.8 Å². The van der Waals surface area contributed by atoms with Crippen molar-refractivity contribution in [2.45, 2.75) is 6.92 Å². The van der Waals surface area contributed by atoms with Gasteiger partial charge in [0.05, 0.1) is 11.4 Å². The van der Waals surface area contributed by atoms with Gasteiger partial charge in [0.1, 0.15) is 5.69 Å². The van der Waals surface area contributed by atoms with Gasteiger partial charge in [-0.1, -0.05) is 48.0 Å². The normalized spacial score (nSPS) is 10.9. The fraction of sp³-hybridized carbons (Fsp3) is 0.136. The van der Waals surface area contributed by atoms with E-state index < -0.39 is 18.5 Å². The van der Waals surface area contributed by atoms with Crippen molar-refractivity contribution in [2.24, 2.45) is 7.05 Å². The van der Waals surface area contributed by atoms with Crippen LogP contribution in [0.1, 0.15) is 11.3 Å². The molecule has 0 saturated heterocycles. The number of hydrogen-bond donors (Lipinski definition) is 1. The van der Waals surface area contributed by atoms with Crippen LogP contribution in [-0.2, 0) is 21.4 Å². The summed E-state index contributed by atoms with van der Waals surface area (Å²) in [4.78, 5) is 36.8. The average Bonchev–Trinajstić information content (AvgIpc) is 2.95. The Hall–Kier alpha value is -3.58.